The highest BCUT2D eigenvalue weighted by atomic mass is 32.2. The van der Waals surface area contributed by atoms with Crippen molar-refractivity contribution in [3.8, 4) is 11.5 Å². The van der Waals surface area contributed by atoms with Crippen LogP contribution in [0.5, 0.6) is 11.5 Å². The Hall–Kier alpha value is -3.27. The van der Waals surface area contributed by atoms with Gasteiger partial charge in [-0.25, -0.2) is 13.2 Å². The summed E-state index contributed by atoms with van der Waals surface area (Å²) in [5.74, 6) is -0.804. The number of rotatable bonds is 8. The molecule has 174 valence electrons. The number of carbonyl (C=O) groups is 2. The van der Waals surface area contributed by atoms with E-state index in [4.69, 9.17) is 14.2 Å². The minimum atomic E-state index is -3.81. The molecule has 0 aromatic heterocycles. The van der Waals surface area contributed by atoms with Crippen molar-refractivity contribution in [3.05, 3.63) is 47.0 Å². The Morgan fingerprint density at radius 2 is 1.59 bits per heavy atom. The molecule has 0 unspecified atom stereocenters. The van der Waals surface area contributed by atoms with Crippen LogP contribution in [0, 0.1) is 13.8 Å². The van der Waals surface area contributed by atoms with E-state index in [1.807, 2.05) is 13.0 Å². The summed E-state index contributed by atoms with van der Waals surface area (Å²) in [5.41, 5.74) is 2.07. The van der Waals surface area contributed by atoms with Crippen LogP contribution in [0.2, 0.25) is 0 Å². The first-order valence-electron chi connectivity index (χ1n) is 9.66. The van der Waals surface area contributed by atoms with Crippen molar-refractivity contribution in [1.82, 2.24) is 0 Å². The van der Waals surface area contributed by atoms with E-state index in [0.29, 0.717) is 11.3 Å². The molecule has 0 heterocycles. The number of nitrogens with one attached hydrogen (secondary N) is 1. The summed E-state index contributed by atoms with van der Waals surface area (Å²) in [6.07, 6.45) is 1.04. The molecule has 0 bridgehead atoms. The van der Waals surface area contributed by atoms with Crippen molar-refractivity contribution in [2.45, 2.75) is 26.8 Å². The smallest absolute Gasteiger partial charge is 0.340 e. The number of methoxy groups -OCH3 is 3. The summed E-state index contributed by atoms with van der Waals surface area (Å²) in [5, 5.41) is 2.63. The van der Waals surface area contributed by atoms with Gasteiger partial charge in [0.2, 0.25) is 15.9 Å². The van der Waals surface area contributed by atoms with Crippen molar-refractivity contribution in [3.63, 3.8) is 0 Å². The maximum absolute atomic E-state index is 13.1. The van der Waals surface area contributed by atoms with Gasteiger partial charge >= 0.3 is 5.97 Å². The molecule has 0 aliphatic heterocycles. The van der Waals surface area contributed by atoms with Crippen LogP contribution < -0.4 is 19.1 Å². The topological polar surface area (TPSA) is 111 Å². The number of hydrogen-bond donors (Lipinski definition) is 1. The second-order valence-corrected chi connectivity index (χ2v) is 9.12. The third-order valence-corrected chi connectivity index (χ3v) is 6.10. The molecule has 2 aromatic rings. The number of benzene rings is 2. The summed E-state index contributed by atoms with van der Waals surface area (Å²) in [6, 6.07) is 7.02. The lowest BCUT2D eigenvalue weighted by molar-refractivity contribution is -0.116. The van der Waals surface area contributed by atoms with Crippen LogP contribution in [0.3, 0.4) is 0 Å². The Morgan fingerprint density at radius 3 is 2.12 bits per heavy atom. The molecule has 1 amide bonds. The number of hydrogen-bond acceptors (Lipinski definition) is 7. The van der Waals surface area contributed by atoms with Gasteiger partial charge in [0.05, 0.1) is 44.5 Å². The standard InChI is InChI=1S/C22H28N2O7S/c1-13-8-9-14(2)18(10-13)24(32(7,27)28)15(3)21(25)23-17-12-20(30-5)19(29-4)11-16(17)22(26)31-6/h8-12,15H,1-7H3,(H,23,25)/t15-/m1/s1. The van der Waals surface area contributed by atoms with Gasteiger partial charge in [-0.15, -0.1) is 0 Å². The molecule has 10 heteroatoms. The van der Waals surface area contributed by atoms with Crippen molar-refractivity contribution in [2.75, 3.05) is 37.2 Å². The molecule has 1 atom stereocenters. The van der Waals surface area contributed by atoms with E-state index in [1.165, 1.54) is 40.4 Å². The Labute approximate surface area is 188 Å². The minimum absolute atomic E-state index is 0.0309. The first-order chi connectivity index (χ1) is 14.9. The van der Waals surface area contributed by atoms with Crippen LogP contribution in [-0.4, -0.2) is 53.9 Å². The normalized spacial score (nSPS) is 12.0. The predicted octanol–water partition coefficient (Wildman–Crippen LogP) is 2.90. The number of amides is 1. The molecule has 0 spiro atoms. The molecular formula is C22H28N2O7S. The summed E-state index contributed by atoms with van der Waals surface area (Å²) in [4.78, 5) is 25.4. The zero-order valence-corrected chi connectivity index (χ0v) is 20.0. The Balaban J connectivity index is 2.52. The average molecular weight is 465 g/mol. The van der Waals surface area contributed by atoms with E-state index in [9.17, 15) is 18.0 Å². The van der Waals surface area contributed by atoms with Crippen molar-refractivity contribution in [2.24, 2.45) is 0 Å². The summed E-state index contributed by atoms with van der Waals surface area (Å²) in [7, 11) is 0.218. The van der Waals surface area contributed by atoms with Crippen LogP contribution in [0.25, 0.3) is 0 Å². The molecule has 0 aliphatic rings. The Kier molecular flexibility index (Phi) is 7.73. The Bertz CT molecular complexity index is 1130. The minimum Gasteiger partial charge on any atom is -0.493 e. The van der Waals surface area contributed by atoms with E-state index < -0.39 is 27.9 Å². The molecule has 0 saturated carbocycles. The van der Waals surface area contributed by atoms with Gasteiger partial charge in [-0.3, -0.25) is 9.10 Å². The lowest BCUT2D eigenvalue weighted by atomic mass is 10.1. The summed E-state index contributed by atoms with van der Waals surface area (Å²) < 4.78 is 41.6. The highest BCUT2D eigenvalue weighted by molar-refractivity contribution is 7.92. The molecular weight excluding hydrogens is 436 g/mol. The second-order valence-electron chi connectivity index (χ2n) is 7.26. The highest BCUT2D eigenvalue weighted by Gasteiger charge is 2.31. The average Bonchev–Trinajstić information content (AvgIpc) is 2.74. The van der Waals surface area contributed by atoms with Crippen LogP contribution in [0.4, 0.5) is 11.4 Å². The molecule has 1 N–H and O–H groups in total. The zero-order chi connectivity index (χ0) is 24.2. The third-order valence-electron chi connectivity index (χ3n) is 4.88. The lowest BCUT2D eigenvalue weighted by Crippen LogP contribution is -2.45. The third kappa shape index (κ3) is 5.31. The van der Waals surface area contributed by atoms with E-state index in [0.717, 1.165) is 16.1 Å². The van der Waals surface area contributed by atoms with Crippen LogP contribution in [0.1, 0.15) is 28.4 Å². The molecule has 0 saturated heterocycles. The monoisotopic (exact) mass is 464 g/mol. The molecule has 2 rings (SSSR count). The van der Waals surface area contributed by atoms with Gasteiger partial charge in [0.1, 0.15) is 6.04 Å². The van der Waals surface area contributed by atoms with Gasteiger partial charge in [-0.05, 0) is 38.0 Å². The quantitative estimate of drug-likeness (QED) is 0.598. The fourth-order valence-electron chi connectivity index (χ4n) is 3.24. The van der Waals surface area contributed by atoms with Crippen LogP contribution in [-0.2, 0) is 19.6 Å². The maximum Gasteiger partial charge on any atom is 0.340 e. The largest absolute Gasteiger partial charge is 0.493 e. The van der Waals surface area contributed by atoms with Crippen LogP contribution in [0.15, 0.2) is 30.3 Å². The van der Waals surface area contributed by atoms with E-state index in [1.54, 1.807) is 19.1 Å². The number of ether oxygens (including phenoxy) is 3. The predicted molar refractivity (Wildman–Crippen MR) is 122 cm³/mol. The number of anilines is 2. The van der Waals surface area contributed by atoms with Gasteiger partial charge in [-0.1, -0.05) is 12.1 Å². The zero-order valence-electron chi connectivity index (χ0n) is 19.2. The summed E-state index contributed by atoms with van der Waals surface area (Å²) in [6.45, 7) is 5.07. The molecule has 9 nitrogen and oxygen atoms in total. The number of aryl methyl sites for hydroxylation is 2. The van der Waals surface area contributed by atoms with Gasteiger partial charge in [0.15, 0.2) is 11.5 Å². The molecule has 0 fully saturated rings. The van der Waals surface area contributed by atoms with E-state index >= 15 is 0 Å². The second kappa shape index (κ2) is 9.90. The van der Waals surface area contributed by atoms with E-state index in [2.05, 4.69) is 5.32 Å². The number of esters is 1. The number of sulfonamides is 1. The first kappa shape index (κ1) is 25.0. The van der Waals surface area contributed by atoms with Gasteiger partial charge in [0, 0.05) is 12.1 Å². The fourth-order valence-corrected chi connectivity index (χ4v) is 4.46. The maximum atomic E-state index is 13.1. The first-order valence-corrected chi connectivity index (χ1v) is 11.5. The number of nitrogens with zero attached hydrogens (tertiary/aromatic N) is 1. The molecule has 32 heavy (non-hydrogen) atoms. The van der Waals surface area contributed by atoms with Gasteiger partial charge in [-0.2, -0.15) is 0 Å². The fraction of sp³-hybridized carbons (Fsp3) is 0.364. The van der Waals surface area contributed by atoms with Gasteiger partial charge in [0.25, 0.3) is 0 Å². The van der Waals surface area contributed by atoms with E-state index in [-0.39, 0.29) is 22.7 Å². The van der Waals surface area contributed by atoms with Crippen molar-refractivity contribution < 1.29 is 32.2 Å². The van der Waals surface area contributed by atoms with Crippen molar-refractivity contribution >= 4 is 33.3 Å². The molecule has 0 aliphatic carbocycles. The highest BCUT2D eigenvalue weighted by Crippen LogP contribution is 2.34. The molecule has 0 radical (unpaired) electrons. The molecule has 2 aromatic carbocycles. The SMILES string of the molecule is COC(=O)c1cc(OC)c(OC)cc1NC(=O)[C@@H](C)N(c1cc(C)ccc1C)S(C)(=O)=O. The lowest BCUT2D eigenvalue weighted by Gasteiger charge is -2.30. The number of carbonyl (C=O) groups excluding carboxylic acids is 2. The summed E-state index contributed by atoms with van der Waals surface area (Å²) >= 11 is 0. The Morgan fingerprint density at radius 1 is 1.00 bits per heavy atom. The van der Waals surface area contributed by atoms with Gasteiger partial charge < -0.3 is 19.5 Å². The van der Waals surface area contributed by atoms with Crippen LogP contribution >= 0.6 is 0 Å². The van der Waals surface area contributed by atoms with Crippen molar-refractivity contribution in [1.29, 1.82) is 0 Å².